The average molecular weight is 507 g/mol. The topological polar surface area (TPSA) is 61.8 Å². The third kappa shape index (κ3) is 8.08. The van der Waals surface area contributed by atoms with Crippen molar-refractivity contribution in [1.82, 2.24) is 0 Å². The summed E-state index contributed by atoms with van der Waals surface area (Å²) in [4.78, 5) is 23.6. The molecule has 0 atom stereocenters. The van der Waals surface area contributed by atoms with Gasteiger partial charge in [0.25, 0.3) is 0 Å². The average Bonchev–Trinajstić information content (AvgIpc) is 2.93. The Labute approximate surface area is 221 Å². The van der Waals surface area contributed by atoms with Crippen LogP contribution in [0.3, 0.4) is 0 Å². The molecule has 2 aliphatic carbocycles. The predicted octanol–water partition coefficient (Wildman–Crippen LogP) is 7.12. The summed E-state index contributed by atoms with van der Waals surface area (Å²) in [5.74, 6) is 3.51. The Morgan fingerprint density at radius 3 is 2.08 bits per heavy atom. The molecule has 2 aliphatic rings. The molecule has 200 valence electrons. The van der Waals surface area contributed by atoms with Crippen LogP contribution in [0.2, 0.25) is 0 Å². The van der Waals surface area contributed by atoms with Gasteiger partial charge in [-0.2, -0.15) is 0 Å². The number of rotatable bonds is 11. The molecule has 37 heavy (non-hydrogen) atoms. The van der Waals surface area contributed by atoms with Crippen LogP contribution in [-0.2, 0) is 16.0 Å². The summed E-state index contributed by atoms with van der Waals surface area (Å²) in [5.41, 5.74) is 2.35. The normalized spacial score (nSPS) is 23.7. The lowest BCUT2D eigenvalue weighted by molar-refractivity contribution is -0.140. The summed E-state index contributed by atoms with van der Waals surface area (Å²) in [6.07, 6.45) is 11.0. The van der Waals surface area contributed by atoms with Gasteiger partial charge in [0.15, 0.2) is 0 Å². The maximum atomic E-state index is 12.6. The molecule has 0 N–H and O–H groups in total. The quantitative estimate of drug-likeness (QED) is 0.184. The first-order chi connectivity index (χ1) is 18.0. The molecule has 5 nitrogen and oxygen atoms in total. The largest absolute Gasteiger partial charge is 0.493 e. The Balaban J connectivity index is 1.16. The summed E-state index contributed by atoms with van der Waals surface area (Å²) in [5, 5.41) is 0. The fourth-order valence-electron chi connectivity index (χ4n) is 5.56. The second kappa shape index (κ2) is 13.6. The summed E-state index contributed by atoms with van der Waals surface area (Å²) in [6, 6.07) is 13.9. The van der Waals surface area contributed by atoms with E-state index in [0.29, 0.717) is 30.8 Å². The van der Waals surface area contributed by atoms with Crippen LogP contribution in [0.5, 0.6) is 17.2 Å². The molecule has 0 aliphatic heterocycles. The van der Waals surface area contributed by atoms with Crippen LogP contribution in [0, 0.1) is 30.6 Å². The molecular formula is C32H42O5. The minimum atomic E-state index is -0.106. The van der Waals surface area contributed by atoms with E-state index in [1.807, 2.05) is 42.5 Å². The maximum Gasteiger partial charge on any atom is 0.314 e. The Morgan fingerprint density at radius 1 is 0.838 bits per heavy atom. The SMILES string of the molecule is CCCc1ccc(OC(=O)C2CCC(COc3ccc(OCC4CCC(C=O)CC4)cc3C)CC2)cc1. The molecule has 2 fully saturated rings. The van der Waals surface area contributed by atoms with Crippen LogP contribution < -0.4 is 14.2 Å². The Bertz CT molecular complexity index is 998. The lowest BCUT2D eigenvalue weighted by Crippen LogP contribution is -2.27. The molecule has 0 saturated heterocycles. The van der Waals surface area contributed by atoms with E-state index < -0.39 is 0 Å². The zero-order valence-corrected chi connectivity index (χ0v) is 22.5. The standard InChI is InChI=1S/C32H42O5/c1-3-4-24-11-15-29(16-12-24)37-32(34)28-13-9-27(10-14-28)22-36-31-18-17-30(19-23(31)2)35-21-26-7-5-25(20-33)6-8-26/h11-12,15-20,25-28H,3-10,13-14,21-22H2,1-2H3. The Morgan fingerprint density at radius 2 is 1.46 bits per heavy atom. The first-order valence-corrected chi connectivity index (χ1v) is 14.2. The van der Waals surface area contributed by atoms with Gasteiger partial charge < -0.3 is 19.0 Å². The number of benzene rings is 2. The van der Waals surface area contributed by atoms with Crippen molar-refractivity contribution in [2.24, 2.45) is 23.7 Å². The number of esters is 1. The van der Waals surface area contributed by atoms with Crippen LogP contribution in [0.1, 0.15) is 75.8 Å². The summed E-state index contributed by atoms with van der Waals surface area (Å²) in [6.45, 7) is 5.59. The van der Waals surface area contributed by atoms with Crippen LogP contribution >= 0.6 is 0 Å². The molecule has 4 rings (SSSR count). The van der Waals surface area contributed by atoms with E-state index in [2.05, 4.69) is 13.8 Å². The zero-order valence-electron chi connectivity index (χ0n) is 22.5. The van der Waals surface area contributed by atoms with Gasteiger partial charge in [-0.15, -0.1) is 0 Å². The lowest BCUT2D eigenvalue weighted by atomic mass is 9.82. The molecule has 0 radical (unpaired) electrons. The molecule has 5 heteroatoms. The second-order valence-electron chi connectivity index (χ2n) is 11.0. The molecule has 2 aromatic carbocycles. The molecule has 0 spiro atoms. The van der Waals surface area contributed by atoms with Crippen molar-refractivity contribution < 1.29 is 23.8 Å². The predicted molar refractivity (Wildman–Crippen MR) is 145 cm³/mol. The van der Waals surface area contributed by atoms with Crippen molar-refractivity contribution in [2.45, 2.75) is 78.1 Å². The molecule has 0 aromatic heterocycles. The highest BCUT2D eigenvalue weighted by Crippen LogP contribution is 2.32. The minimum Gasteiger partial charge on any atom is -0.493 e. The van der Waals surface area contributed by atoms with Crippen molar-refractivity contribution in [3.8, 4) is 17.2 Å². The van der Waals surface area contributed by atoms with Crippen molar-refractivity contribution in [3.63, 3.8) is 0 Å². The van der Waals surface area contributed by atoms with E-state index in [1.54, 1.807) is 0 Å². The number of carbonyl (C=O) groups is 2. The van der Waals surface area contributed by atoms with E-state index in [9.17, 15) is 9.59 Å². The van der Waals surface area contributed by atoms with Gasteiger partial charge in [-0.05, 0) is 118 Å². The first-order valence-electron chi connectivity index (χ1n) is 14.2. The molecule has 0 heterocycles. The number of aryl methyl sites for hydroxylation is 2. The van der Waals surface area contributed by atoms with E-state index in [-0.39, 0.29) is 17.8 Å². The third-order valence-electron chi connectivity index (χ3n) is 8.05. The van der Waals surface area contributed by atoms with Crippen molar-refractivity contribution >= 4 is 12.3 Å². The molecule has 0 bridgehead atoms. The molecular weight excluding hydrogens is 464 g/mol. The number of carbonyl (C=O) groups excluding carboxylic acids is 2. The van der Waals surface area contributed by atoms with E-state index >= 15 is 0 Å². The van der Waals surface area contributed by atoms with Gasteiger partial charge in [0.05, 0.1) is 19.1 Å². The van der Waals surface area contributed by atoms with Crippen molar-refractivity contribution in [3.05, 3.63) is 53.6 Å². The van der Waals surface area contributed by atoms with E-state index in [0.717, 1.165) is 87.6 Å². The van der Waals surface area contributed by atoms with Crippen molar-refractivity contribution in [1.29, 1.82) is 0 Å². The fourth-order valence-corrected chi connectivity index (χ4v) is 5.56. The van der Waals surface area contributed by atoms with E-state index in [4.69, 9.17) is 14.2 Å². The Kier molecular flexibility index (Phi) is 10.0. The smallest absolute Gasteiger partial charge is 0.314 e. The lowest BCUT2D eigenvalue weighted by Gasteiger charge is -2.27. The van der Waals surface area contributed by atoms with Gasteiger partial charge in [-0.3, -0.25) is 4.79 Å². The molecule has 0 amide bonds. The Hall–Kier alpha value is -2.82. The van der Waals surface area contributed by atoms with Gasteiger partial charge in [0.1, 0.15) is 23.5 Å². The minimum absolute atomic E-state index is 0.0294. The van der Waals surface area contributed by atoms with Crippen molar-refractivity contribution in [2.75, 3.05) is 13.2 Å². The number of aldehydes is 1. The number of hydrogen-bond donors (Lipinski definition) is 0. The summed E-state index contributed by atoms with van der Waals surface area (Å²) < 4.78 is 17.9. The number of ether oxygens (including phenoxy) is 3. The van der Waals surface area contributed by atoms with Gasteiger partial charge in [0, 0.05) is 5.92 Å². The van der Waals surface area contributed by atoms with Crippen LogP contribution in [0.4, 0.5) is 0 Å². The summed E-state index contributed by atoms with van der Waals surface area (Å²) >= 11 is 0. The highest BCUT2D eigenvalue weighted by Gasteiger charge is 2.28. The highest BCUT2D eigenvalue weighted by atomic mass is 16.5. The van der Waals surface area contributed by atoms with Crippen LogP contribution in [0.15, 0.2) is 42.5 Å². The first kappa shape index (κ1) is 27.2. The monoisotopic (exact) mass is 506 g/mol. The molecule has 0 unspecified atom stereocenters. The van der Waals surface area contributed by atoms with Gasteiger partial charge in [-0.1, -0.05) is 25.5 Å². The van der Waals surface area contributed by atoms with Gasteiger partial charge >= 0.3 is 5.97 Å². The highest BCUT2D eigenvalue weighted by molar-refractivity contribution is 5.75. The maximum absolute atomic E-state index is 12.6. The van der Waals surface area contributed by atoms with Crippen LogP contribution in [0.25, 0.3) is 0 Å². The van der Waals surface area contributed by atoms with Gasteiger partial charge in [-0.25, -0.2) is 0 Å². The number of hydrogen-bond acceptors (Lipinski definition) is 5. The fraction of sp³-hybridized carbons (Fsp3) is 0.562. The summed E-state index contributed by atoms with van der Waals surface area (Å²) in [7, 11) is 0. The molecule has 2 saturated carbocycles. The van der Waals surface area contributed by atoms with Gasteiger partial charge in [0.2, 0.25) is 0 Å². The molecule has 2 aromatic rings. The van der Waals surface area contributed by atoms with E-state index in [1.165, 1.54) is 5.56 Å². The third-order valence-corrected chi connectivity index (χ3v) is 8.05. The van der Waals surface area contributed by atoms with Crippen LogP contribution in [-0.4, -0.2) is 25.5 Å². The zero-order chi connectivity index (χ0) is 26.0. The second-order valence-corrected chi connectivity index (χ2v) is 11.0.